The van der Waals surface area contributed by atoms with Crippen LogP contribution in [0.4, 0.5) is 0 Å². The van der Waals surface area contributed by atoms with Crippen molar-refractivity contribution in [3.05, 3.63) is 0 Å². The number of rotatable bonds is 8. The van der Waals surface area contributed by atoms with E-state index in [1.807, 2.05) is 7.05 Å². The fraction of sp³-hybridized carbons (Fsp3) is 0.923. The summed E-state index contributed by atoms with van der Waals surface area (Å²) in [5.41, 5.74) is 0. The lowest BCUT2D eigenvalue weighted by atomic mass is 10.1. The Balaban J connectivity index is 3.68. The van der Waals surface area contributed by atoms with E-state index in [0.29, 0.717) is 0 Å². The van der Waals surface area contributed by atoms with Gasteiger partial charge in [-0.15, -0.1) is 0 Å². The first kappa shape index (κ1) is 16.2. The highest BCUT2D eigenvalue weighted by molar-refractivity contribution is 5.79. The van der Waals surface area contributed by atoms with Gasteiger partial charge in [0.15, 0.2) is 5.96 Å². The van der Waals surface area contributed by atoms with Crippen LogP contribution in [0.1, 0.15) is 34.1 Å². The standard InChI is InChI=1S/C13H30N4/c1-6-17(7-2)11-10-16-13(14-5)15-9-8-12(3)4/h12H,6-11H2,1-5H3,(H2,14,15,16). The molecule has 2 N–H and O–H groups in total. The van der Waals surface area contributed by atoms with Gasteiger partial charge in [0.05, 0.1) is 0 Å². The fourth-order valence-electron chi connectivity index (χ4n) is 1.57. The van der Waals surface area contributed by atoms with E-state index in [2.05, 4.69) is 48.2 Å². The molecule has 17 heavy (non-hydrogen) atoms. The molecule has 0 aliphatic carbocycles. The van der Waals surface area contributed by atoms with Crippen molar-refractivity contribution in [2.75, 3.05) is 39.8 Å². The van der Waals surface area contributed by atoms with Gasteiger partial charge in [0.25, 0.3) is 0 Å². The number of hydrogen-bond donors (Lipinski definition) is 2. The van der Waals surface area contributed by atoms with Crippen LogP contribution in [0.5, 0.6) is 0 Å². The molecule has 0 aliphatic heterocycles. The number of guanidine groups is 1. The number of nitrogens with one attached hydrogen (secondary N) is 2. The Labute approximate surface area is 107 Å². The number of likely N-dealkylation sites (N-methyl/N-ethyl adjacent to an activating group) is 1. The van der Waals surface area contributed by atoms with E-state index < -0.39 is 0 Å². The topological polar surface area (TPSA) is 39.7 Å². The first-order chi connectivity index (χ1) is 8.13. The molecular weight excluding hydrogens is 212 g/mol. The predicted octanol–water partition coefficient (Wildman–Crippen LogP) is 1.54. The molecule has 0 fully saturated rings. The van der Waals surface area contributed by atoms with Gasteiger partial charge in [0, 0.05) is 26.7 Å². The SMILES string of the molecule is CCN(CC)CCNC(=NC)NCCC(C)C. The molecule has 102 valence electrons. The number of aliphatic imine (C=N–C) groups is 1. The summed E-state index contributed by atoms with van der Waals surface area (Å²) < 4.78 is 0. The Bertz CT molecular complexity index is 198. The van der Waals surface area contributed by atoms with Crippen LogP contribution in [0.25, 0.3) is 0 Å². The van der Waals surface area contributed by atoms with Crippen molar-refractivity contribution in [1.29, 1.82) is 0 Å². The van der Waals surface area contributed by atoms with Crippen LogP contribution in [0.3, 0.4) is 0 Å². The second kappa shape index (κ2) is 10.4. The molecule has 0 aromatic carbocycles. The van der Waals surface area contributed by atoms with E-state index in [1.54, 1.807) is 0 Å². The van der Waals surface area contributed by atoms with Crippen LogP contribution in [0.2, 0.25) is 0 Å². The minimum Gasteiger partial charge on any atom is -0.356 e. The van der Waals surface area contributed by atoms with E-state index in [4.69, 9.17) is 0 Å². The maximum absolute atomic E-state index is 4.21. The maximum Gasteiger partial charge on any atom is 0.191 e. The Kier molecular flexibility index (Phi) is 9.92. The summed E-state index contributed by atoms with van der Waals surface area (Å²) in [7, 11) is 1.82. The lowest BCUT2D eigenvalue weighted by molar-refractivity contribution is 0.308. The quantitative estimate of drug-likeness (QED) is 0.501. The number of nitrogens with zero attached hydrogens (tertiary/aromatic N) is 2. The molecule has 0 rings (SSSR count). The molecule has 4 heteroatoms. The third-order valence-electron chi connectivity index (χ3n) is 2.85. The van der Waals surface area contributed by atoms with E-state index in [-0.39, 0.29) is 0 Å². The van der Waals surface area contributed by atoms with Crippen molar-refractivity contribution < 1.29 is 0 Å². The molecule has 0 aromatic heterocycles. The highest BCUT2D eigenvalue weighted by Crippen LogP contribution is 1.95. The molecule has 0 aromatic rings. The molecule has 0 spiro atoms. The predicted molar refractivity (Wildman–Crippen MR) is 76.6 cm³/mol. The average molecular weight is 242 g/mol. The summed E-state index contributed by atoms with van der Waals surface area (Å²) in [5, 5.41) is 6.67. The van der Waals surface area contributed by atoms with Crippen molar-refractivity contribution in [3.8, 4) is 0 Å². The summed E-state index contributed by atoms with van der Waals surface area (Å²) >= 11 is 0. The Morgan fingerprint density at radius 2 is 1.71 bits per heavy atom. The summed E-state index contributed by atoms with van der Waals surface area (Å²) in [6.07, 6.45) is 1.18. The Morgan fingerprint density at radius 3 is 2.18 bits per heavy atom. The van der Waals surface area contributed by atoms with Crippen LogP contribution in [0, 0.1) is 5.92 Å². The molecule has 4 nitrogen and oxygen atoms in total. The summed E-state index contributed by atoms with van der Waals surface area (Å²) in [6, 6.07) is 0. The molecule has 0 saturated heterocycles. The fourth-order valence-corrected chi connectivity index (χ4v) is 1.57. The average Bonchev–Trinajstić information content (AvgIpc) is 2.32. The van der Waals surface area contributed by atoms with Crippen LogP contribution in [-0.2, 0) is 0 Å². The lowest BCUT2D eigenvalue weighted by Gasteiger charge is -2.19. The van der Waals surface area contributed by atoms with E-state index in [9.17, 15) is 0 Å². The third-order valence-corrected chi connectivity index (χ3v) is 2.85. The second-order valence-electron chi connectivity index (χ2n) is 4.64. The summed E-state index contributed by atoms with van der Waals surface area (Å²) in [4.78, 5) is 6.61. The molecule has 0 heterocycles. The van der Waals surface area contributed by atoms with E-state index in [1.165, 1.54) is 6.42 Å². The van der Waals surface area contributed by atoms with Crippen LogP contribution in [-0.4, -0.2) is 50.6 Å². The van der Waals surface area contributed by atoms with Crippen molar-refractivity contribution >= 4 is 5.96 Å². The summed E-state index contributed by atoms with van der Waals surface area (Å²) in [5.74, 6) is 1.65. The molecule has 0 aliphatic rings. The lowest BCUT2D eigenvalue weighted by Crippen LogP contribution is -2.42. The molecule has 0 unspecified atom stereocenters. The van der Waals surface area contributed by atoms with Gasteiger partial charge in [-0.3, -0.25) is 4.99 Å². The molecular formula is C13H30N4. The van der Waals surface area contributed by atoms with Crippen LogP contribution < -0.4 is 10.6 Å². The molecule has 0 radical (unpaired) electrons. The molecule has 0 atom stereocenters. The zero-order chi connectivity index (χ0) is 13.1. The van der Waals surface area contributed by atoms with Crippen molar-refractivity contribution in [2.24, 2.45) is 10.9 Å². The van der Waals surface area contributed by atoms with Gasteiger partial charge in [0.2, 0.25) is 0 Å². The monoisotopic (exact) mass is 242 g/mol. The minimum atomic E-state index is 0.733. The molecule has 0 saturated carbocycles. The van der Waals surface area contributed by atoms with Gasteiger partial charge in [-0.1, -0.05) is 27.7 Å². The third kappa shape index (κ3) is 8.98. The van der Waals surface area contributed by atoms with Crippen molar-refractivity contribution in [2.45, 2.75) is 34.1 Å². The first-order valence-electron chi connectivity index (χ1n) is 6.80. The largest absolute Gasteiger partial charge is 0.356 e. The molecule has 0 bridgehead atoms. The van der Waals surface area contributed by atoms with E-state index in [0.717, 1.165) is 44.6 Å². The Hall–Kier alpha value is -0.770. The van der Waals surface area contributed by atoms with Crippen LogP contribution >= 0.6 is 0 Å². The van der Waals surface area contributed by atoms with Gasteiger partial charge in [-0.2, -0.15) is 0 Å². The van der Waals surface area contributed by atoms with Gasteiger partial charge >= 0.3 is 0 Å². The minimum absolute atomic E-state index is 0.733. The zero-order valence-corrected chi connectivity index (χ0v) is 12.2. The van der Waals surface area contributed by atoms with Crippen molar-refractivity contribution in [3.63, 3.8) is 0 Å². The van der Waals surface area contributed by atoms with Gasteiger partial charge < -0.3 is 15.5 Å². The van der Waals surface area contributed by atoms with Crippen molar-refractivity contribution in [1.82, 2.24) is 15.5 Å². The molecule has 0 amide bonds. The number of hydrogen-bond acceptors (Lipinski definition) is 2. The highest BCUT2D eigenvalue weighted by atomic mass is 15.2. The normalized spacial score (nSPS) is 12.3. The van der Waals surface area contributed by atoms with E-state index >= 15 is 0 Å². The Morgan fingerprint density at radius 1 is 1.12 bits per heavy atom. The first-order valence-corrected chi connectivity index (χ1v) is 6.80. The van der Waals surface area contributed by atoms with Gasteiger partial charge in [-0.05, 0) is 25.4 Å². The smallest absolute Gasteiger partial charge is 0.191 e. The second-order valence-corrected chi connectivity index (χ2v) is 4.64. The highest BCUT2D eigenvalue weighted by Gasteiger charge is 2.00. The summed E-state index contributed by atoms with van der Waals surface area (Å²) in [6.45, 7) is 14.1. The zero-order valence-electron chi connectivity index (χ0n) is 12.2. The van der Waals surface area contributed by atoms with Crippen LogP contribution in [0.15, 0.2) is 4.99 Å². The maximum atomic E-state index is 4.21. The van der Waals surface area contributed by atoms with Gasteiger partial charge in [0.1, 0.15) is 0 Å². The van der Waals surface area contributed by atoms with Gasteiger partial charge in [-0.25, -0.2) is 0 Å².